The highest BCUT2D eigenvalue weighted by Crippen LogP contribution is 2.31. The highest BCUT2D eigenvalue weighted by molar-refractivity contribution is 7.99. The zero-order valence-corrected chi connectivity index (χ0v) is 9.71. The topological polar surface area (TPSA) is 37.6 Å². The van der Waals surface area contributed by atoms with Gasteiger partial charge in [-0.2, -0.15) is 11.8 Å². The molecule has 3 aliphatic rings. The number of rotatable bonds is 8. The highest BCUT2D eigenvalue weighted by Gasteiger charge is 2.32. The van der Waals surface area contributed by atoms with E-state index >= 15 is 0 Å². The molecule has 3 rings (SSSR count). The molecule has 0 aliphatic carbocycles. The van der Waals surface area contributed by atoms with Gasteiger partial charge in [-0.15, -0.1) is 0 Å². The smallest absolute Gasteiger partial charge is 0.0820 e. The Morgan fingerprint density at radius 2 is 1.47 bits per heavy atom. The van der Waals surface area contributed by atoms with E-state index in [0.717, 1.165) is 25.1 Å². The highest BCUT2D eigenvalue weighted by atomic mass is 32.2. The predicted molar refractivity (Wildman–Crippen MR) is 59.3 cm³/mol. The minimum Gasteiger partial charge on any atom is -0.373 e. The summed E-state index contributed by atoms with van der Waals surface area (Å²) >= 11 is 2.09. The third-order valence-corrected chi connectivity index (χ3v) is 4.38. The van der Waals surface area contributed by atoms with Gasteiger partial charge in [0, 0.05) is 5.25 Å². The molecule has 3 saturated heterocycles. The number of ether oxygens (including phenoxy) is 3. The van der Waals surface area contributed by atoms with Crippen LogP contribution >= 0.6 is 11.8 Å². The second kappa shape index (κ2) is 4.62. The Labute approximate surface area is 94.8 Å². The van der Waals surface area contributed by atoms with E-state index in [0.29, 0.717) is 18.3 Å². The molecule has 0 radical (unpaired) electrons. The van der Waals surface area contributed by atoms with Gasteiger partial charge in [0.05, 0.1) is 38.1 Å². The first-order valence-electron chi connectivity index (χ1n) is 5.86. The lowest BCUT2D eigenvalue weighted by Crippen LogP contribution is -2.11. The van der Waals surface area contributed by atoms with Gasteiger partial charge in [-0.05, 0) is 25.0 Å². The predicted octanol–water partition coefficient (Wildman–Crippen LogP) is 1.45. The Hall–Kier alpha value is 0.230. The molecule has 3 aliphatic heterocycles. The van der Waals surface area contributed by atoms with Crippen LogP contribution in [-0.4, -0.2) is 49.1 Å². The van der Waals surface area contributed by atoms with Crippen LogP contribution in [0.2, 0.25) is 0 Å². The van der Waals surface area contributed by atoms with Crippen molar-refractivity contribution in [3.05, 3.63) is 0 Å². The van der Waals surface area contributed by atoms with Crippen LogP contribution in [0.3, 0.4) is 0 Å². The minimum atomic E-state index is 0.554. The summed E-state index contributed by atoms with van der Waals surface area (Å²) in [7, 11) is 0. The van der Waals surface area contributed by atoms with Crippen LogP contribution in [0.15, 0.2) is 0 Å². The van der Waals surface area contributed by atoms with Crippen LogP contribution in [0.4, 0.5) is 0 Å². The molecule has 15 heavy (non-hydrogen) atoms. The van der Waals surface area contributed by atoms with E-state index in [1.54, 1.807) is 0 Å². The summed E-state index contributed by atoms with van der Waals surface area (Å²) in [6.45, 7) is 2.95. The van der Waals surface area contributed by atoms with Crippen LogP contribution < -0.4 is 0 Å². The SMILES string of the molecule is C(CC1CO1)SC(CC1CO1)CC1CO1. The number of epoxide rings is 3. The van der Waals surface area contributed by atoms with Gasteiger partial charge >= 0.3 is 0 Å². The van der Waals surface area contributed by atoms with Gasteiger partial charge in [0.15, 0.2) is 0 Å². The van der Waals surface area contributed by atoms with Crippen molar-refractivity contribution in [1.29, 1.82) is 0 Å². The zero-order chi connectivity index (χ0) is 10.1. The van der Waals surface area contributed by atoms with Crippen molar-refractivity contribution in [2.75, 3.05) is 25.6 Å². The first-order chi connectivity index (χ1) is 7.40. The van der Waals surface area contributed by atoms with Gasteiger partial charge in [-0.1, -0.05) is 0 Å². The average Bonchev–Trinajstić information content (AvgIpc) is 3.06. The number of thioether (sulfide) groups is 1. The normalized spacial score (nSPS) is 38.8. The summed E-state index contributed by atoms with van der Waals surface area (Å²) in [4.78, 5) is 0. The Bertz CT molecular complexity index is 198. The maximum absolute atomic E-state index is 5.30. The lowest BCUT2D eigenvalue weighted by molar-refractivity contribution is 0.368. The zero-order valence-electron chi connectivity index (χ0n) is 8.89. The van der Waals surface area contributed by atoms with Crippen LogP contribution in [0.25, 0.3) is 0 Å². The van der Waals surface area contributed by atoms with E-state index in [1.165, 1.54) is 25.0 Å². The summed E-state index contributed by atoms with van der Waals surface area (Å²) < 4.78 is 15.8. The standard InChI is InChI=1S/C11H18O3S/c1(8-5-12-8)2-15-11(3-9-6-13-9)4-10-7-14-10/h8-11H,1-7H2. The molecule has 3 fully saturated rings. The largest absolute Gasteiger partial charge is 0.373 e. The van der Waals surface area contributed by atoms with E-state index in [1.807, 2.05) is 0 Å². The monoisotopic (exact) mass is 230 g/mol. The van der Waals surface area contributed by atoms with Crippen molar-refractivity contribution in [3.8, 4) is 0 Å². The molecule has 3 heterocycles. The van der Waals surface area contributed by atoms with Gasteiger partial charge < -0.3 is 14.2 Å². The van der Waals surface area contributed by atoms with Gasteiger partial charge in [-0.3, -0.25) is 0 Å². The molecule has 0 N–H and O–H groups in total. The molecule has 0 spiro atoms. The summed E-state index contributed by atoms with van der Waals surface area (Å²) in [5.41, 5.74) is 0. The second-order valence-electron chi connectivity index (χ2n) is 4.62. The lowest BCUT2D eigenvalue weighted by atomic mass is 10.1. The Balaban J connectivity index is 1.34. The van der Waals surface area contributed by atoms with Crippen molar-refractivity contribution in [2.45, 2.75) is 42.8 Å². The van der Waals surface area contributed by atoms with E-state index in [-0.39, 0.29) is 0 Å². The van der Waals surface area contributed by atoms with E-state index in [9.17, 15) is 0 Å². The molecule has 0 saturated carbocycles. The van der Waals surface area contributed by atoms with Crippen molar-refractivity contribution < 1.29 is 14.2 Å². The molecular formula is C11H18O3S. The molecule has 3 unspecified atom stereocenters. The average molecular weight is 230 g/mol. The maximum Gasteiger partial charge on any atom is 0.0820 e. The third kappa shape index (κ3) is 3.94. The fourth-order valence-electron chi connectivity index (χ4n) is 1.83. The second-order valence-corrected chi connectivity index (χ2v) is 6.03. The van der Waals surface area contributed by atoms with Gasteiger partial charge in [0.2, 0.25) is 0 Å². The third-order valence-electron chi connectivity index (χ3n) is 3.05. The molecule has 0 aromatic carbocycles. The van der Waals surface area contributed by atoms with E-state index in [2.05, 4.69) is 11.8 Å². The molecule has 0 aromatic rings. The van der Waals surface area contributed by atoms with Crippen LogP contribution in [0.5, 0.6) is 0 Å². The van der Waals surface area contributed by atoms with Crippen LogP contribution in [-0.2, 0) is 14.2 Å². The van der Waals surface area contributed by atoms with Gasteiger partial charge in [0.1, 0.15) is 0 Å². The summed E-state index contributed by atoms with van der Waals surface area (Å²) in [6.07, 6.45) is 5.34. The number of hydrogen-bond acceptors (Lipinski definition) is 4. The molecule has 3 nitrogen and oxygen atoms in total. The first kappa shape index (κ1) is 10.4. The number of hydrogen-bond donors (Lipinski definition) is 0. The van der Waals surface area contributed by atoms with Gasteiger partial charge in [-0.25, -0.2) is 0 Å². The Kier molecular flexibility index (Phi) is 3.20. The fourth-order valence-corrected chi connectivity index (χ4v) is 3.26. The molecular weight excluding hydrogens is 212 g/mol. The fraction of sp³-hybridized carbons (Fsp3) is 1.00. The molecule has 0 aromatic heterocycles. The lowest BCUT2D eigenvalue weighted by Gasteiger charge is -2.13. The molecule has 0 bridgehead atoms. The molecule has 86 valence electrons. The van der Waals surface area contributed by atoms with Crippen molar-refractivity contribution >= 4 is 11.8 Å². The molecule has 3 atom stereocenters. The summed E-state index contributed by atoms with van der Waals surface area (Å²) in [5.74, 6) is 1.23. The van der Waals surface area contributed by atoms with Gasteiger partial charge in [0.25, 0.3) is 0 Å². The van der Waals surface area contributed by atoms with Crippen LogP contribution in [0, 0.1) is 0 Å². The van der Waals surface area contributed by atoms with Crippen molar-refractivity contribution in [2.24, 2.45) is 0 Å². The summed E-state index contributed by atoms with van der Waals surface area (Å²) in [5, 5.41) is 0.740. The molecule has 4 heteroatoms. The summed E-state index contributed by atoms with van der Waals surface area (Å²) in [6, 6.07) is 0. The van der Waals surface area contributed by atoms with Crippen LogP contribution in [0.1, 0.15) is 19.3 Å². The Morgan fingerprint density at radius 1 is 0.933 bits per heavy atom. The Morgan fingerprint density at radius 3 is 1.93 bits per heavy atom. The minimum absolute atomic E-state index is 0.554. The van der Waals surface area contributed by atoms with Crippen molar-refractivity contribution in [1.82, 2.24) is 0 Å². The first-order valence-corrected chi connectivity index (χ1v) is 6.91. The van der Waals surface area contributed by atoms with Crippen molar-refractivity contribution in [3.63, 3.8) is 0 Å². The maximum atomic E-state index is 5.30. The van der Waals surface area contributed by atoms with E-state index in [4.69, 9.17) is 14.2 Å². The quantitative estimate of drug-likeness (QED) is 0.592. The van der Waals surface area contributed by atoms with E-state index < -0.39 is 0 Å². The molecule has 0 amide bonds.